The van der Waals surface area contributed by atoms with E-state index in [0.717, 1.165) is 15.8 Å². The van der Waals surface area contributed by atoms with E-state index in [0.29, 0.717) is 5.56 Å². The number of benzene rings is 1. The Balaban J connectivity index is 2.65. The van der Waals surface area contributed by atoms with Gasteiger partial charge < -0.3 is 0 Å². The van der Waals surface area contributed by atoms with Gasteiger partial charge in [0.25, 0.3) is 0 Å². The molecule has 0 saturated heterocycles. The van der Waals surface area contributed by atoms with E-state index < -0.39 is 9.05 Å². The van der Waals surface area contributed by atoms with Gasteiger partial charge >= 0.3 is 0 Å². The molecule has 1 aromatic heterocycles. The number of hydrogen-bond acceptors (Lipinski definition) is 4. The van der Waals surface area contributed by atoms with Gasteiger partial charge in [-0.15, -0.1) is 0 Å². The van der Waals surface area contributed by atoms with Gasteiger partial charge in [-0.3, -0.25) is 0 Å². The maximum Gasteiger partial charge on any atom is 0.236 e. The Hall–Kier alpha value is -0.650. The molecule has 0 aliphatic rings. The lowest BCUT2D eigenvalue weighted by atomic mass is 10.1. The van der Waals surface area contributed by atoms with Gasteiger partial charge in [-0.2, -0.15) is 4.37 Å². The van der Waals surface area contributed by atoms with Crippen LogP contribution in [0.25, 0.3) is 10.1 Å². The van der Waals surface area contributed by atoms with Gasteiger partial charge in [0.1, 0.15) is 0 Å². The molecule has 0 aliphatic carbocycles. The second-order valence-corrected chi connectivity index (χ2v) is 6.82. The van der Waals surface area contributed by atoms with Gasteiger partial charge in [0.2, 0.25) is 9.05 Å². The third kappa shape index (κ3) is 2.30. The minimum absolute atomic E-state index is 0.148. The average molecular weight is 262 g/mol. The molecule has 0 atom stereocenters. The van der Waals surface area contributed by atoms with Crippen LogP contribution in [0.3, 0.4) is 0 Å². The first kappa shape index (κ1) is 10.9. The van der Waals surface area contributed by atoms with Crippen molar-refractivity contribution in [3.05, 3.63) is 29.5 Å². The Morgan fingerprint density at radius 3 is 2.87 bits per heavy atom. The summed E-state index contributed by atoms with van der Waals surface area (Å²) in [5.41, 5.74) is 1.57. The number of fused-ring (bicyclic) bond motifs is 1. The second-order valence-electron chi connectivity index (χ2n) is 3.24. The molecule has 2 rings (SSSR count). The summed E-state index contributed by atoms with van der Waals surface area (Å²) in [7, 11) is 1.73. The summed E-state index contributed by atoms with van der Waals surface area (Å²) in [6.45, 7) is 1.86. The van der Waals surface area contributed by atoms with E-state index in [2.05, 4.69) is 4.37 Å². The molecule has 2 aromatic rings. The molecule has 0 fully saturated rings. The van der Waals surface area contributed by atoms with E-state index in [-0.39, 0.29) is 5.75 Å². The van der Waals surface area contributed by atoms with Crippen molar-refractivity contribution in [3.8, 4) is 0 Å². The monoisotopic (exact) mass is 261 g/mol. The van der Waals surface area contributed by atoms with Crippen molar-refractivity contribution in [2.75, 3.05) is 0 Å². The Bertz CT molecular complexity index is 604. The summed E-state index contributed by atoms with van der Waals surface area (Å²) in [6.07, 6.45) is 0. The molecular weight excluding hydrogens is 254 g/mol. The van der Waals surface area contributed by atoms with Gasteiger partial charge in [-0.25, -0.2) is 8.42 Å². The number of aryl methyl sites for hydroxylation is 1. The molecular formula is C9H8ClNO2S2. The molecule has 0 unspecified atom stereocenters. The van der Waals surface area contributed by atoms with E-state index in [1.165, 1.54) is 11.5 Å². The molecule has 0 radical (unpaired) electrons. The summed E-state index contributed by atoms with van der Waals surface area (Å²) >= 11 is 1.37. The molecule has 0 N–H and O–H groups in total. The van der Waals surface area contributed by atoms with Gasteiger partial charge in [0.05, 0.1) is 16.1 Å². The normalized spacial score (nSPS) is 12.1. The minimum atomic E-state index is -3.51. The van der Waals surface area contributed by atoms with Crippen molar-refractivity contribution in [2.24, 2.45) is 0 Å². The molecule has 3 nitrogen and oxygen atoms in total. The Labute approximate surface area is 96.3 Å². The standard InChI is InChI=1S/C9H8ClNO2S2/c1-6-9-7(5-15(10,12)13)3-2-4-8(9)14-11-6/h2-4H,5H2,1H3. The summed E-state index contributed by atoms with van der Waals surface area (Å²) in [5, 5.41) is 0.909. The lowest BCUT2D eigenvalue weighted by Gasteiger charge is -2.00. The van der Waals surface area contributed by atoms with Crippen LogP contribution in [0.15, 0.2) is 18.2 Å². The third-order valence-corrected chi connectivity index (χ3v) is 3.97. The fourth-order valence-corrected chi connectivity index (χ4v) is 3.33. The van der Waals surface area contributed by atoms with Crippen molar-refractivity contribution in [1.82, 2.24) is 4.37 Å². The molecule has 15 heavy (non-hydrogen) atoms. The van der Waals surface area contributed by atoms with Crippen LogP contribution in [0, 0.1) is 6.92 Å². The van der Waals surface area contributed by atoms with E-state index >= 15 is 0 Å². The smallest absolute Gasteiger partial charge is 0.212 e. The topological polar surface area (TPSA) is 47.0 Å². The van der Waals surface area contributed by atoms with Crippen LogP contribution in [0.4, 0.5) is 0 Å². The largest absolute Gasteiger partial charge is 0.236 e. The molecule has 0 bridgehead atoms. The van der Waals surface area contributed by atoms with Crippen molar-refractivity contribution in [1.29, 1.82) is 0 Å². The molecule has 0 spiro atoms. The van der Waals surface area contributed by atoms with Crippen molar-refractivity contribution >= 4 is 41.4 Å². The lowest BCUT2D eigenvalue weighted by Crippen LogP contribution is -1.95. The van der Waals surface area contributed by atoms with E-state index in [9.17, 15) is 8.42 Å². The highest BCUT2D eigenvalue weighted by Crippen LogP contribution is 2.27. The zero-order valence-electron chi connectivity index (χ0n) is 7.90. The van der Waals surface area contributed by atoms with Gasteiger partial charge in [0, 0.05) is 16.1 Å². The fourth-order valence-electron chi connectivity index (χ4n) is 1.53. The highest BCUT2D eigenvalue weighted by atomic mass is 35.7. The molecule has 1 heterocycles. The number of hydrogen-bond donors (Lipinski definition) is 0. The first-order chi connectivity index (χ1) is 6.97. The van der Waals surface area contributed by atoms with E-state index in [4.69, 9.17) is 10.7 Å². The van der Waals surface area contributed by atoms with Gasteiger partial charge in [-0.1, -0.05) is 12.1 Å². The fraction of sp³-hybridized carbons (Fsp3) is 0.222. The highest BCUT2D eigenvalue weighted by molar-refractivity contribution is 8.13. The quantitative estimate of drug-likeness (QED) is 0.781. The first-order valence-electron chi connectivity index (χ1n) is 4.23. The van der Waals surface area contributed by atoms with Crippen molar-refractivity contribution in [3.63, 3.8) is 0 Å². The molecule has 80 valence electrons. The van der Waals surface area contributed by atoms with Crippen LogP contribution in [0.2, 0.25) is 0 Å². The number of nitrogens with zero attached hydrogens (tertiary/aromatic N) is 1. The maximum atomic E-state index is 11.0. The Morgan fingerprint density at radius 2 is 2.20 bits per heavy atom. The molecule has 6 heteroatoms. The summed E-state index contributed by atoms with van der Waals surface area (Å²) in [4.78, 5) is 0. The zero-order valence-corrected chi connectivity index (χ0v) is 10.3. The van der Waals surface area contributed by atoms with Crippen LogP contribution < -0.4 is 0 Å². The molecule has 0 amide bonds. The highest BCUT2D eigenvalue weighted by Gasteiger charge is 2.13. The third-order valence-electron chi connectivity index (χ3n) is 2.08. The number of rotatable bonds is 2. The number of aromatic nitrogens is 1. The number of halogens is 1. The van der Waals surface area contributed by atoms with Crippen LogP contribution in [0.1, 0.15) is 11.3 Å². The Morgan fingerprint density at radius 1 is 1.47 bits per heavy atom. The van der Waals surface area contributed by atoms with Gasteiger partial charge in [-0.05, 0) is 30.1 Å². The lowest BCUT2D eigenvalue weighted by molar-refractivity contribution is 0.609. The van der Waals surface area contributed by atoms with E-state index in [1.54, 1.807) is 6.07 Å². The summed E-state index contributed by atoms with van der Waals surface area (Å²) in [6, 6.07) is 5.51. The molecule has 1 aromatic carbocycles. The predicted molar refractivity (Wildman–Crippen MR) is 62.8 cm³/mol. The first-order valence-corrected chi connectivity index (χ1v) is 7.49. The second kappa shape index (κ2) is 3.73. The predicted octanol–water partition coefficient (Wildman–Crippen LogP) is 2.67. The molecule has 0 saturated carbocycles. The van der Waals surface area contributed by atoms with Crippen LogP contribution >= 0.6 is 22.2 Å². The Kier molecular flexibility index (Phi) is 2.70. The van der Waals surface area contributed by atoms with Crippen LogP contribution in [0.5, 0.6) is 0 Å². The molecule has 0 aliphatic heterocycles. The maximum absolute atomic E-state index is 11.0. The summed E-state index contributed by atoms with van der Waals surface area (Å²) in [5.74, 6) is -0.148. The van der Waals surface area contributed by atoms with Crippen LogP contribution in [-0.4, -0.2) is 12.8 Å². The SMILES string of the molecule is Cc1nsc2cccc(CS(=O)(=O)Cl)c12. The average Bonchev–Trinajstić information content (AvgIpc) is 2.46. The van der Waals surface area contributed by atoms with Gasteiger partial charge in [0.15, 0.2) is 0 Å². The van der Waals surface area contributed by atoms with Crippen LogP contribution in [-0.2, 0) is 14.8 Å². The summed E-state index contributed by atoms with van der Waals surface area (Å²) < 4.78 is 27.2. The zero-order chi connectivity index (χ0) is 11.1. The van der Waals surface area contributed by atoms with Crippen molar-refractivity contribution < 1.29 is 8.42 Å². The van der Waals surface area contributed by atoms with Crippen molar-refractivity contribution in [2.45, 2.75) is 12.7 Å². The van der Waals surface area contributed by atoms with E-state index in [1.807, 2.05) is 19.1 Å². The minimum Gasteiger partial charge on any atom is -0.212 e.